The first-order chi connectivity index (χ1) is 12.4. The molecule has 0 radical (unpaired) electrons. The highest BCUT2D eigenvalue weighted by Gasteiger charge is 2.06. The highest BCUT2D eigenvalue weighted by Crippen LogP contribution is 2.18. The normalized spacial score (nSPS) is 11.7. The Kier molecular flexibility index (Phi) is 7.11. The summed E-state index contributed by atoms with van der Waals surface area (Å²) in [5.74, 6) is 0.603. The zero-order chi connectivity index (χ0) is 19.0. The number of hydrogen-bond donors (Lipinski definition) is 1. The van der Waals surface area contributed by atoms with E-state index in [1.54, 1.807) is 18.3 Å². The number of hydrogen-bond acceptors (Lipinski definition) is 5. The second-order valence-corrected chi connectivity index (χ2v) is 7.40. The van der Waals surface area contributed by atoms with Crippen LogP contribution in [0.25, 0.3) is 0 Å². The van der Waals surface area contributed by atoms with E-state index in [2.05, 4.69) is 5.10 Å². The van der Waals surface area contributed by atoms with Crippen LogP contribution < -0.4 is 14.3 Å². The van der Waals surface area contributed by atoms with Gasteiger partial charge in [-0.2, -0.15) is 13.5 Å². The summed E-state index contributed by atoms with van der Waals surface area (Å²) >= 11 is 0. The number of anilines is 1. The number of unbranched alkanes of at least 4 members (excludes halogenated alkanes) is 1. The van der Waals surface area contributed by atoms with E-state index in [9.17, 15) is 8.42 Å². The highest BCUT2D eigenvalue weighted by molar-refractivity contribution is 7.85. The minimum atomic E-state index is -3.87. The van der Waals surface area contributed by atoms with Crippen molar-refractivity contribution >= 4 is 22.0 Å². The summed E-state index contributed by atoms with van der Waals surface area (Å²) in [5, 5.41) is 6.19. The zero-order valence-electron chi connectivity index (χ0n) is 14.9. The predicted molar refractivity (Wildman–Crippen MR) is 101 cm³/mol. The maximum absolute atomic E-state index is 10.7. The molecule has 0 spiro atoms. The van der Waals surface area contributed by atoms with Crippen LogP contribution in [0, 0.1) is 0 Å². The molecule has 8 heteroatoms. The van der Waals surface area contributed by atoms with Crippen LogP contribution in [0.2, 0.25) is 0 Å². The van der Waals surface area contributed by atoms with Gasteiger partial charge < -0.3 is 4.74 Å². The van der Waals surface area contributed by atoms with Crippen molar-refractivity contribution in [2.45, 2.75) is 19.4 Å². The van der Waals surface area contributed by atoms with Gasteiger partial charge in [0.25, 0.3) is 10.1 Å². The van der Waals surface area contributed by atoms with Crippen molar-refractivity contribution < 1.29 is 22.3 Å². The maximum Gasteiger partial charge on any atom is 0.264 e. The Morgan fingerprint density at radius 1 is 1.15 bits per heavy atom. The molecule has 2 aromatic rings. The highest BCUT2D eigenvalue weighted by atomic mass is 32.2. The number of aromatic nitrogens is 1. The molecule has 0 aliphatic heterocycles. The first-order valence-corrected chi connectivity index (χ1v) is 9.84. The van der Waals surface area contributed by atoms with Gasteiger partial charge in [0.1, 0.15) is 12.3 Å². The van der Waals surface area contributed by atoms with E-state index < -0.39 is 10.1 Å². The van der Waals surface area contributed by atoms with Crippen molar-refractivity contribution in [3.8, 4) is 5.75 Å². The molecule has 0 amide bonds. The van der Waals surface area contributed by atoms with Gasteiger partial charge in [0.2, 0.25) is 0 Å². The molecule has 0 fully saturated rings. The number of benzene rings is 1. The van der Waals surface area contributed by atoms with Crippen molar-refractivity contribution in [3.63, 3.8) is 0 Å². The van der Waals surface area contributed by atoms with E-state index in [4.69, 9.17) is 9.29 Å². The second kappa shape index (κ2) is 9.30. The summed E-state index contributed by atoms with van der Waals surface area (Å²) in [6.07, 6.45) is 6.72. The van der Waals surface area contributed by atoms with Crippen LogP contribution in [-0.4, -0.2) is 39.1 Å². The predicted octanol–water partition coefficient (Wildman–Crippen LogP) is 2.12. The number of ether oxygens (including phenoxy) is 1. The van der Waals surface area contributed by atoms with Gasteiger partial charge in [-0.05, 0) is 30.7 Å². The van der Waals surface area contributed by atoms with Crippen molar-refractivity contribution in [2.75, 3.05) is 24.9 Å². The van der Waals surface area contributed by atoms with Gasteiger partial charge in [-0.25, -0.2) is 4.57 Å². The van der Waals surface area contributed by atoms with Crippen LogP contribution in [0.3, 0.4) is 0 Å². The number of hydrazone groups is 1. The van der Waals surface area contributed by atoms with E-state index in [1.165, 1.54) is 0 Å². The molecule has 1 heterocycles. The van der Waals surface area contributed by atoms with Gasteiger partial charge in [-0.3, -0.25) is 9.56 Å². The van der Waals surface area contributed by atoms with E-state index in [0.29, 0.717) is 19.4 Å². The van der Waals surface area contributed by atoms with E-state index in [0.717, 1.165) is 17.0 Å². The second-order valence-electron chi connectivity index (χ2n) is 5.83. The zero-order valence-corrected chi connectivity index (χ0v) is 15.8. The molecule has 26 heavy (non-hydrogen) atoms. The molecular weight excluding hydrogens is 354 g/mol. The molecule has 1 aromatic carbocycles. The Balaban J connectivity index is 1.86. The number of pyridine rings is 1. The summed E-state index contributed by atoms with van der Waals surface area (Å²) in [4.78, 5) is 0. The van der Waals surface area contributed by atoms with E-state index >= 15 is 0 Å². The van der Waals surface area contributed by atoms with Gasteiger partial charge in [-0.1, -0.05) is 0 Å². The third-order valence-electron chi connectivity index (χ3n) is 3.81. The fourth-order valence-electron chi connectivity index (χ4n) is 2.30. The van der Waals surface area contributed by atoms with Gasteiger partial charge in [0.05, 0.1) is 24.8 Å². The van der Waals surface area contributed by atoms with Crippen LogP contribution in [0.15, 0.2) is 53.9 Å². The first-order valence-electron chi connectivity index (χ1n) is 8.23. The average Bonchev–Trinajstić information content (AvgIpc) is 2.63. The summed E-state index contributed by atoms with van der Waals surface area (Å²) in [7, 11) is -0.362. The largest absolute Gasteiger partial charge is 0.497 e. The summed E-state index contributed by atoms with van der Waals surface area (Å²) in [6, 6.07) is 11.5. The lowest BCUT2D eigenvalue weighted by molar-refractivity contribution is -0.697. The fourth-order valence-corrected chi connectivity index (χ4v) is 2.87. The Bertz CT molecular complexity index is 819. The molecule has 1 aromatic heterocycles. The topological polar surface area (TPSA) is 83.1 Å². The third kappa shape index (κ3) is 6.81. The maximum atomic E-state index is 10.7. The van der Waals surface area contributed by atoms with E-state index in [1.807, 2.05) is 60.4 Å². The van der Waals surface area contributed by atoms with Crippen LogP contribution >= 0.6 is 0 Å². The van der Waals surface area contributed by atoms with Crippen LogP contribution in [0.4, 0.5) is 5.69 Å². The lowest BCUT2D eigenvalue weighted by Crippen LogP contribution is -2.32. The van der Waals surface area contributed by atoms with Crippen LogP contribution in [0.1, 0.15) is 18.4 Å². The summed E-state index contributed by atoms with van der Waals surface area (Å²) in [5.41, 5.74) is 1.91. The Morgan fingerprint density at radius 3 is 2.38 bits per heavy atom. The molecule has 140 valence electrons. The Hall–Kier alpha value is -2.45. The molecule has 0 aliphatic rings. The number of aryl methyl sites for hydroxylation is 1. The molecule has 0 saturated heterocycles. The quantitative estimate of drug-likeness (QED) is 0.238. The number of rotatable bonds is 9. The Labute approximate surface area is 154 Å². The smallest absolute Gasteiger partial charge is 0.264 e. The van der Waals surface area contributed by atoms with Crippen molar-refractivity contribution in [1.82, 2.24) is 0 Å². The van der Waals surface area contributed by atoms with E-state index in [-0.39, 0.29) is 5.75 Å². The van der Waals surface area contributed by atoms with Crippen molar-refractivity contribution in [2.24, 2.45) is 5.10 Å². The van der Waals surface area contributed by atoms with Gasteiger partial charge in [0, 0.05) is 31.2 Å². The lowest BCUT2D eigenvalue weighted by atomic mass is 10.3. The molecule has 0 aliphatic carbocycles. The fraction of sp³-hybridized carbons (Fsp3) is 0.333. The SMILES string of the molecule is COc1ccc(N(C)/N=C/c2cc[n+](CCCCS(=O)(=O)O)cc2)cc1. The molecule has 2 rings (SSSR count). The third-order valence-corrected chi connectivity index (χ3v) is 4.62. The van der Waals surface area contributed by atoms with Crippen molar-refractivity contribution in [1.29, 1.82) is 0 Å². The summed E-state index contributed by atoms with van der Waals surface area (Å²) < 4.78 is 37.2. The van der Waals surface area contributed by atoms with Crippen molar-refractivity contribution in [3.05, 3.63) is 54.4 Å². The monoisotopic (exact) mass is 378 g/mol. The molecule has 1 N–H and O–H groups in total. The molecule has 0 bridgehead atoms. The van der Waals surface area contributed by atoms with Crippen LogP contribution in [0.5, 0.6) is 5.75 Å². The first kappa shape index (κ1) is 19.9. The minimum absolute atomic E-state index is 0.198. The Morgan fingerprint density at radius 2 is 1.81 bits per heavy atom. The minimum Gasteiger partial charge on any atom is -0.497 e. The van der Waals surface area contributed by atoms with Gasteiger partial charge in [-0.15, -0.1) is 0 Å². The summed E-state index contributed by atoms with van der Waals surface area (Å²) in [6.45, 7) is 0.693. The van der Waals surface area contributed by atoms with Gasteiger partial charge >= 0.3 is 0 Å². The van der Waals surface area contributed by atoms with Gasteiger partial charge in [0.15, 0.2) is 12.4 Å². The molecule has 0 unspecified atom stereocenters. The standard InChI is InChI=1S/C18H23N3O4S/c1-20(17-5-7-18(25-2)8-6-17)19-15-16-9-12-21(13-10-16)11-3-4-14-26(22,23)24/h5-10,12-13,15H,3-4,11,14H2,1-2H3/p+1. The number of methoxy groups -OCH3 is 1. The van der Waals surface area contributed by atoms with Crippen LogP contribution in [-0.2, 0) is 16.7 Å². The molecule has 0 saturated carbocycles. The lowest BCUT2D eigenvalue weighted by Gasteiger charge is -2.13. The molecular formula is C18H24N3O4S+. The molecule has 0 atom stereocenters. The molecule has 7 nitrogen and oxygen atoms in total. The average molecular weight is 378 g/mol. The number of nitrogens with zero attached hydrogens (tertiary/aromatic N) is 3.